The second kappa shape index (κ2) is 7.07. The third-order valence-electron chi connectivity index (χ3n) is 4.07. The zero-order chi connectivity index (χ0) is 18.0. The number of halogens is 3. The van der Waals surface area contributed by atoms with Gasteiger partial charge in [0, 0.05) is 18.9 Å². The molecule has 0 radical (unpaired) electrons. The maximum absolute atomic E-state index is 13.2. The number of aromatic amines is 1. The molecule has 0 bridgehead atoms. The molecule has 0 saturated heterocycles. The molecule has 0 spiro atoms. The zero-order valence-electron chi connectivity index (χ0n) is 13.2. The van der Waals surface area contributed by atoms with Gasteiger partial charge in [0.2, 0.25) is 11.8 Å². The van der Waals surface area contributed by atoms with E-state index >= 15 is 0 Å². The van der Waals surface area contributed by atoms with E-state index in [1.54, 1.807) is 0 Å². The van der Waals surface area contributed by atoms with Gasteiger partial charge in [-0.25, -0.2) is 18.2 Å². The number of amides is 1. The van der Waals surface area contributed by atoms with E-state index in [0.29, 0.717) is 5.52 Å². The highest BCUT2D eigenvalue weighted by Gasteiger charge is 2.35. The number of H-pyrrole nitrogens is 1. The van der Waals surface area contributed by atoms with Crippen LogP contribution < -0.4 is 10.9 Å². The Morgan fingerprint density at radius 1 is 1.36 bits per heavy atom. The van der Waals surface area contributed by atoms with E-state index in [2.05, 4.69) is 15.3 Å². The highest BCUT2D eigenvalue weighted by atomic mass is 32.2. The molecule has 1 saturated carbocycles. The summed E-state index contributed by atoms with van der Waals surface area (Å²) in [6.07, 6.45) is 0.0580. The largest absolute Gasteiger partial charge is 0.353 e. The summed E-state index contributed by atoms with van der Waals surface area (Å²) in [4.78, 5) is 30.6. The van der Waals surface area contributed by atoms with Gasteiger partial charge in [0.15, 0.2) is 5.16 Å². The van der Waals surface area contributed by atoms with E-state index in [1.807, 2.05) is 0 Å². The van der Waals surface area contributed by atoms with Gasteiger partial charge < -0.3 is 10.3 Å². The van der Waals surface area contributed by atoms with Gasteiger partial charge in [-0.1, -0.05) is 11.8 Å². The minimum atomic E-state index is -2.63. The summed E-state index contributed by atoms with van der Waals surface area (Å²) in [6.45, 7) is 0. The number of thioether (sulfide) groups is 1. The van der Waals surface area contributed by atoms with E-state index in [-0.39, 0.29) is 53.9 Å². The third-order valence-corrected chi connectivity index (χ3v) is 4.94. The first-order valence-corrected chi connectivity index (χ1v) is 8.80. The maximum Gasteiger partial charge on any atom is 0.259 e. The van der Waals surface area contributed by atoms with E-state index in [0.717, 1.165) is 17.8 Å². The number of aromatic nitrogens is 2. The SMILES string of the molecule is O=C(CSc1nc2ccc(F)cc2c(=O)[nH]1)NC1CCC(F)(F)CC1. The Kier molecular flexibility index (Phi) is 5.03. The molecule has 2 aromatic rings. The highest BCUT2D eigenvalue weighted by molar-refractivity contribution is 7.99. The second-order valence-corrected chi connectivity index (χ2v) is 6.98. The molecule has 134 valence electrons. The minimum Gasteiger partial charge on any atom is -0.353 e. The monoisotopic (exact) mass is 371 g/mol. The van der Waals surface area contributed by atoms with E-state index in [1.165, 1.54) is 12.1 Å². The number of rotatable bonds is 4. The molecule has 1 aromatic heterocycles. The number of fused-ring (bicyclic) bond motifs is 1. The molecule has 0 aliphatic heterocycles. The van der Waals surface area contributed by atoms with Gasteiger partial charge in [-0.2, -0.15) is 0 Å². The molecular weight excluding hydrogens is 355 g/mol. The minimum absolute atomic E-state index is 0.00251. The molecule has 0 unspecified atom stereocenters. The molecule has 1 aromatic carbocycles. The number of carbonyl (C=O) groups is 1. The lowest BCUT2D eigenvalue weighted by molar-refractivity contribution is -0.120. The van der Waals surface area contributed by atoms with Gasteiger partial charge >= 0.3 is 0 Å². The standard InChI is InChI=1S/C16H16F3N3O2S/c17-9-1-2-12-11(7-9)14(24)22-15(21-12)25-8-13(23)20-10-3-5-16(18,19)6-4-10/h1-2,7,10H,3-6,8H2,(H,20,23)(H,21,22,24). The van der Waals surface area contributed by atoms with E-state index in [9.17, 15) is 22.8 Å². The number of carbonyl (C=O) groups excluding carboxylic acids is 1. The summed E-state index contributed by atoms with van der Waals surface area (Å²) in [5.74, 6) is -3.47. The van der Waals surface area contributed by atoms with Crippen LogP contribution >= 0.6 is 11.8 Å². The molecule has 1 amide bonds. The molecule has 1 aliphatic carbocycles. The summed E-state index contributed by atoms with van der Waals surface area (Å²) in [7, 11) is 0. The Balaban J connectivity index is 1.58. The average Bonchev–Trinajstić information content (AvgIpc) is 2.56. The van der Waals surface area contributed by atoms with E-state index < -0.39 is 17.3 Å². The molecule has 9 heteroatoms. The van der Waals surface area contributed by atoms with Crippen molar-refractivity contribution in [2.45, 2.75) is 42.8 Å². The topological polar surface area (TPSA) is 74.8 Å². The van der Waals surface area contributed by atoms with Crippen molar-refractivity contribution < 1.29 is 18.0 Å². The van der Waals surface area contributed by atoms with Crippen molar-refractivity contribution in [1.82, 2.24) is 15.3 Å². The predicted octanol–water partition coefficient (Wildman–Crippen LogP) is 2.85. The summed E-state index contributed by atoms with van der Waals surface area (Å²) in [6, 6.07) is 3.45. The average molecular weight is 371 g/mol. The smallest absolute Gasteiger partial charge is 0.259 e. The Labute approximate surface area is 145 Å². The van der Waals surface area contributed by atoms with Gasteiger partial charge in [-0.3, -0.25) is 9.59 Å². The summed E-state index contributed by atoms with van der Waals surface area (Å²) in [5.41, 5.74) is -0.149. The van der Waals surface area contributed by atoms with Crippen molar-refractivity contribution in [2.24, 2.45) is 0 Å². The maximum atomic E-state index is 13.2. The van der Waals surface area contributed by atoms with Crippen LogP contribution in [0.15, 0.2) is 28.2 Å². The Morgan fingerprint density at radius 3 is 2.80 bits per heavy atom. The Bertz CT molecular complexity index is 846. The predicted molar refractivity (Wildman–Crippen MR) is 88.4 cm³/mol. The molecule has 1 fully saturated rings. The number of nitrogens with one attached hydrogen (secondary N) is 2. The third kappa shape index (κ3) is 4.53. The van der Waals surface area contributed by atoms with Crippen LogP contribution in [-0.4, -0.2) is 33.6 Å². The van der Waals surface area contributed by atoms with Crippen molar-refractivity contribution in [1.29, 1.82) is 0 Å². The Morgan fingerprint density at radius 2 is 2.08 bits per heavy atom. The quantitative estimate of drug-likeness (QED) is 0.640. The number of alkyl halides is 2. The number of benzene rings is 1. The number of hydrogen-bond acceptors (Lipinski definition) is 4. The molecule has 0 atom stereocenters. The molecule has 2 N–H and O–H groups in total. The number of hydrogen-bond donors (Lipinski definition) is 2. The van der Waals surface area contributed by atoms with Crippen LogP contribution in [0.2, 0.25) is 0 Å². The van der Waals surface area contributed by atoms with Gasteiger partial charge in [-0.15, -0.1) is 0 Å². The van der Waals surface area contributed by atoms with Crippen LogP contribution in [0.4, 0.5) is 13.2 Å². The normalized spacial score (nSPS) is 17.6. The first kappa shape index (κ1) is 17.8. The lowest BCUT2D eigenvalue weighted by atomic mass is 9.92. The van der Waals surface area contributed by atoms with Crippen LogP contribution in [0.3, 0.4) is 0 Å². The zero-order valence-corrected chi connectivity index (χ0v) is 14.0. The number of nitrogens with zero attached hydrogens (tertiary/aromatic N) is 1. The van der Waals surface area contributed by atoms with Gasteiger partial charge in [0.05, 0.1) is 16.7 Å². The molecule has 1 heterocycles. The van der Waals surface area contributed by atoms with Crippen molar-refractivity contribution >= 4 is 28.6 Å². The van der Waals surface area contributed by atoms with Gasteiger partial charge in [-0.05, 0) is 31.0 Å². The fourth-order valence-corrected chi connectivity index (χ4v) is 3.42. The molecule has 1 aliphatic rings. The summed E-state index contributed by atoms with van der Waals surface area (Å²) < 4.78 is 39.3. The summed E-state index contributed by atoms with van der Waals surface area (Å²) >= 11 is 1.03. The van der Waals surface area contributed by atoms with Crippen molar-refractivity contribution in [3.8, 4) is 0 Å². The van der Waals surface area contributed by atoms with Crippen LogP contribution in [0.5, 0.6) is 0 Å². The lowest BCUT2D eigenvalue weighted by Gasteiger charge is -2.28. The second-order valence-electron chi connectivity index (χ2n) is 6.02. The van der Waals surface area contributed by atoms with Crippen LogP contribution in [0, 0.1) is 5.82 Å². The van der Waals surface area contributed by atoms with Crippen molar-refractivity contribution in [3.05, 3.63) is 34.4 Å². The highest BCUT2D eigenvalue weighted by Crippen LogP contribution is 2.33. The van der Waals surface area contributed by atoms with Crippen molar-refractivity contribution in [3.63, 3.8) is 0 Å². The first-order chi connectivity index (χ1) is 11.8. The van der Waals surface area contributed by atoms with Gasteiger partial charge in [0.1, 0.15) is 5.82 Å². The first-order valence-electron chi connectivity index (χ1n) is 7.82. The summed E-state index contributed by atoms with van der Waals surface area (Å²) in [5, 5.41) is 3.10. The molecular formula is C16H16F3N3O2S. The van der Waals surface area contributed by atoms with Crippen LogP contribution in [0.1, 0.15) is 25.7 Å². The fourth-order valence-electron chi connectivity index (χ4n) is 2.75. The van der Waals surface area contributed by atoms with Crippen LogP contribution in [0.25, 0.3) is 10.9 Å². The Hall–Kier alpha value is -2.03. The van der Waals surface area contributed by atoms with Gasteiger partial charge in [0.25, 0.3) is 5.56 Å². The van der Waals surface area contributed by atoms with E-state index in [4.69, 9.17) is 0 Å². The molecule has 25 heavy (non-hydrogen) atoms. The molecule has 5 nitrogen and oxygen atoms in total. The lowest BCUT2D eigenvalue weighted by Crippen LogP contribution is -2.41. The molecule has 3 rings (SSSR count). The van der Waals surface area contributed by atoms with Crippen molar-refractivity contribution in [2.75, 3.05) is 5.75 Å². The van der Waals surface area contributed by atoms with Crippen LogP contribution in [-0.2, 0) is 4.79 Å². The fraction of sp³-hybridized carbons (Fsp3) is 0.438.